The number of benzene rings is 2. The molecular weight excluding hydrogens is 298 g/mol. The van der Waals surface area contributed by atoms with E-state index in [1.54, 1.807) is 12.1 Å². The van der Waals surface area contributed by atoms with Crippen molar-refractivity contribution in [2.24, 2.45) is 0 Å². The Morgan fingerprint density at radius 2 is 1.89 bits per heavy atom. The number of aryl methyl sites for hydroxylation is 1. The molecule has 18 heavy (non-hydrogen) atoms. The molecule has 0 aliphatic carbocycles. The molecule has 0 spiro atoms. The van der Waals surface area contributed by atoms with Gasteiger partial charge in [0.05, 0.1) is 0 Å². The maximum atomic E-state index is 13.7. The Bertz CT molecular complexity index is 552. The molecule has 0 bridgehead atoms. The van der Waals surface area contributed by atoms with Crippen molar-refractivity contribution in [2.45, 2.75) is 18.2 Å². The molecule has 0 N–H and O–H groups in total. The zero-order valence-corrected chi connectivity index (χ0v) is 11.5. The van der Waals surface area contributed by atoms with E-state index < -0.39 is 0 Å². The van der Waals surface area contributed by atoms with Crippen LogP contribution >= 0.6 is 15.9 Å². The maximum Gasteiger partial charge on any atom is 0.127 e. The molecule has 0 aliphatic heterocycles. The SMILES string of the molecule is Cc1ccc(F)c(C(Br)Cc2cccc(F)c2)c1. The van der Waals surface area contributed by atoms with E-state index in [0.717, 1.165) is 11.1 Å². The third-order valence-electron chi connectivity index (χ3n) is 2.79. The fraction of sp³-hybridized carbons (Fsp3) is 0.200. The average molecular weight is 311 g/mol. The van der Waals surface area contributed by atoms with Crippen LogP contribution in [0.5, 0.6) is 0 Å². The summed E-state index contributed by atoms with van der Waals surface area (Å²) in [7, 11) is 0. The molecule has 1 unspecified atom stereocenters. The Balaban J connectivity index is 2.21. The molecule has 2 aromatic carbocycles. The highest BCUT2D eigenvalue weighted by Gasteiger charge is 2.13. The van der Waals surface area contributed by atoms with Crippen LogP contribution in [-0.4, -0.2) is 0 Å². The zero-order valence-electron chi connectivity index (χ0n) is 9.96. The van der Waals surface area contributed by atoms with E-state index in [1.807, 2.05) is 19.1 Å². The summed E-state index contributed by atoms with van der Waals surface area (Å²) in [6, 6.07) is 11.4. The summed E-state index contributed by atoms with van der Waals surface area (Å²) in [4.78, 5) is -0.154. The minimum atomic E-state index is -0.267. The van der Waals surface area contributed by atoms with Gasteiger partial charge < -0.3 is 0 Å². The lowest BCUT2D eigenvalue weighted by Gasteiger charge is -2.12. The average Bonchev–Trinajstić information content (AvgIpc) is 2.32. The maximum absolute atomic E-state index is 13.7. The molecule has 0 saturated carbocycles. The van der Waals surface area contributed by atoms with Crippen molar-refractivity contribution in [1.82, 2.24) is 0 Å². The third kappa shape index (κ3) is 3.16. The Morgan fingerprint density at radius 3 is 2.61 bits per heavy atom. The van der Waals surface area contributed by atoms with Gasteiger partial charge in [-0.3, -0.25) is 0 Å². The van der Waals surface area contributed by atoms with Crippen LogP contribution < -0.4 is 0 Å². The van der Waals surface area contributed by atoms with Crippen LogP contribution in [0.1, 0.15) is 21.5 Å². The van der Waals surface area contributed by atoms with E-state index in [4.69, 9.17) is 0 Å². The third-order valence-corrected chi connectivity index (χ3v) is 3.61. The normalized spacial score (nSPS) is 12.4. The fourth-order valence-corrected chi connectivity index (χ4v) is 2.61. The van der Waals surface area contributed by atoms with Crippen molar-refractivity contribution in [3.63, 3.8) is 0 Å². The highest BCUT2D eigenvalue weighted by atomic mass is 79.9. The quantitative estimate of drug-likeness (QED) is 0.703. The Kier molecular flexibility index (Phi) is 4.12. The van der Waals surface area contributed by atoms with Crippen LogP contribution in [0, 0.1) is 18.6 Å². The summed E-state index contributed by atoms with van der Waals surface area (Å²) in [5.74, 6) is -0.504. The van der Waals surface area contributed by atoms with E-state index in [-0.39, 0.29) is 16.5 Å². The van der Waals surface area contributed by atoms with Crippen LogP contribution in [0.15, 0.2) is 42.5 Å². The second-order valence-electron chi connectivity index (χ2n) is 4.33. The molecule has 0 aromatic heterocycles. The van der Waals surface area contributed by atoms with Crippen molar-refractivity contribution in [1.29, 1.82) is 0 Å². The Labute approximate surface area is 114 Å². The molecule has 0 fully saturated rings. The predicted molar refractivity (Wildman–Crippen MR) is 72.9 cm³/mol. The minimum absolute atomic E-state index is 0.154. The first kappa shape index (κ1) is 13.2. The van der Waals surface area contributed by atoms with Gasteiger partial charge in [0.1, 0.15) is 11.6 Å². The van der Waals surface area contributed by atoms with Crippen LogP contribution in [-0.2, 0) is 6.42 Å². The van der Waals surface area contributed by atoms with E-state index in [2.05, 4.69) is 15.9 Å². The van der Waals surface area contributed by atoms with Crippen LogP contribution in [0.3, 0.4) is 0 Å². The topological polar surface area (TPSA) is 0 Å². The molecule has 94 valence electrons. The summed E-state index contributed by atoms with van der Waals surface area (Å²) in [6.07, 6.45) is 0.554. The smallest absolute Gasteiger partial charge is 0.127 e. The molecule has 0 amide bonds. The van der Waals surface area contributed by atoms with Gasteiger partial charge in [0, 0.05) is 10.4 Å². The Hall–Kier alpha value is -1.22. The van der Waals surface area contributed by atoms with Gasteiger partial charge >= 0.3 is 0 Å². The lowest BCUT2D eigenvalue weighted by molar-refractivity contribution is 0.606. The standard InChI is InChI=1S/C15H13BrF2/c1-10-5-6-15(18)13(7-10)14(16)9-11-3-2-4-12(17)8-11/h2-8,14H,9H2,1H3. The Morgan fingerprint density at radius 1 is 1.11 bits per heavy atom. The van der Waals surface area contributed by atoms with Crippen molar-refractivity contribution < 1.29 is 8.78 Å². The van der Waals surface area contributed by atoms with E-state index >= 15 is 0 Å². The van der Waals surface area contributed by atoms with E-state index in [1.165, 1.54) is 18.2 Å². The second-order valence-corrected chi connectivity index (χ2v) is 5.43. The van der Waals surface area contributed by atoms with Gasteiger partial charge in [0.25, 0.3) is 0 Å². The van der Waals surface area contributed by atoms with E-state index in [9.17, 15) is 8.78 Å². The highest BCUT2D eigenvalue weighted by molar-refractivity contribution is 9.09. The number of hydrogen-bond donors (Lipinski definition) is 0. The number of alkyl halides is 1. The van der Waals surface area contributed by atoms with Crippen LogP contribution in [0.4, 0.5) is 8.78 Å². The molecule has 3 heteroatoms. The minimum Gasteiger partial charge on any atom is -0.207 e. The van der Waals surface area contributed by atoms with Gasteiger partial charge in [-0.05, 0) is 37.1 Å². The van der Waals surface area contributed by atoms with Gasteiger partial charge in [-0.25, -0.2) is 8.78 Å². The van der Waals surface area contributed by atoms with Crippen molar-refractivity contribution in [3.8, 4) is 0 Å². The first-order valence-electron chi connectivity index (χ1n) is 5.71. The monoisotopic (exact) mass is 310 g/mol. The largest absolute Gasteiger partial charge is 0.207 e. The highest BCUT2D eigenvalue weighted by Crippen LogP contribution is 2.29. The summed E-state index contributed by atoms with van der Waals surface area (Å²) < 4.78 is 26.8. The molecule has 1 atom stereocenters. The van der Waals surface area contributed by atoms with Crippen LogP contribution in [0.25, 0.3) is 0 Å². The molecule has 0 aliphatic rings. The number of rotatable bonds is 3. The summed E-state index contributed by atoms with van der Waals surface area (Å²) in [5, 5.41) is 0. The molecule has 0 saturated heterocycles. The van der Waals surface area contributed by atoms with Gasteiger partial charge in [-0.1, -0.05) is 45.8 Å². The lowest BCUT2D eigenvalue weighted by Crippen LogP contribution is -1.99. The number of halogens is 3. The molecule has 2 rings (SSSR count). The fourth-order valence-electron chi connectivity index (χ4n) is 1.88. The van der Waals surface area contributed by atoms with E-state index in [0.29, 0.717) is 12.0 Å². The molecule has 0 radical (unpaired) electrons. The van der Waals surface area contributed by atoms with Crippen molar-refractivity contribution >= 4 is 15.9 Å². The van der Waals surface area contributed by atoms with Gasteiger partial charge in [0.2, 0.25) is 0 Å². The van der Waals surface area contributed by atoms with Gasteiger partial charge in [0.15, 0.2) is 0 Å². The van der Waals surface area contributed by atoms with Gasteiger partial charge in [-0.2, -0.15) is 0 Å². The summed E-state index contributed by atoms with van der Waals surface area (Å²) in [6.45, 7) is 1.92. The zero-order chi connectivity index (χ0) is 13.1. The first-order valence-corrected chi connectivity index (χ1v) is 6.62. The van der Waals surface area contributed by atoms with Gasteiger partial charge in [-0.15, -0.1) is 0 Å². The van der Waals surface area contributed by atoms with Crippen LogP contribution in [0.2, 0.25) is 0 Å². The van der Waals surface area contributed by atoms with Crippen molar-refractivity contribution in [2.75, 3.05) is 0 Å². The first-order chi connectivity index (χ1) is 8.56. The predicted octanol–water partition coefficient (Wildman–Crippen LogP) is 4.95. The molecule has 0 nitrogen and oxygen atoms in total. The lowest BCUT2D eigenvalue weighted by atomic mass is 10.0. The molecular formula is C15H13BrF2. The summed E-state index contributed by atoms with van der Waals surface area (Å²) >= 11 is 3.47. The van der Waals surface area contributed by atoms with Crippen molar-refractivity contribution in [3.05, 3.63) is 70.8 Å². The molecule has 2 aromatic rings. The summed E-state index contributed by atoms with van der Waals surface area (Å²) in [5.41, 5.74) is 2.46. The second kappa shape index (κ2) is 5.61. The molecule has 0 heterocycles. The number of hydrogen-bond acceptors (Lipinski definition) is 0.